The summed E-state index contributed by atoms with van der Waals surface area (Å²) in [5.74, 6) is 1.28. The number of thioether (sulfide) groups is 1. The van der Waals surface area contributed by atoms with Gasteiger partial charge in [-0.25, -0.2) is 0 Å². The van der Waals surface area contributed by atoms with Crippen molar-refractivity contribution in [2.24, 2.45) is 5.73 Å². The fraction of sp³-hybridized carbons (Fsp3) is 1.00. The molecule has 0 heterocycles. The highest BCUT2D eigenvalue weighted by Crippen LogP contribution is 2.03. The van der Waals surface area contributed by atoms with Gasteiger partial charge in [-0.2, -0.15) is 11.8 Å². The van der Waals surface area contributed by atoms with Gasteiger partial charge in [0.25, 0.3) is 0 Å². The fourth-order valence-electron chi connectivity index (χ4n) is 0.713. The van der Waals surface area contributed by atoms with Crippen LogP contribution in [-0.2, 0) is 0 Å². The lowest BCUT2D eigenvalue weighted by atomic mass is 10.2. The van der Waals surface area contributed by atoms with E-state index in [-0.39, 0.29) is 0 Å². The Hall–Kier alpha value is 0.310. The molecule has 0 aromatic carbocycles. The summed E-state index contributed by atoms with van der Waals surface area (Å²) in [6.07, 6.45) is 5.94. The van der Waals surface area contributed by atoms with Gasteiger partial charge >= 0.3 is 0 Å². The lowest BCUT2D eigenvalue weighted by Gasteiger charge is -2.02. The maximum atomic E-state index is 5.57. The van der Waals surface area contributed by atoms with E-state index in [9.17, 15) is 0 Å². The molecule has 0 fully saturated rings. The minimum atomic E-state index is 0.395. The van der Waals surface area contributed by atoms with E-state index in [4.69, 9.17) is 5.73 Å². The van der Waals surface area contributed by atoms with Crippen LogP contribution >= 0.6 is 11.8 Å². The van der Waals surface area contributed by atoms with Gasteiger partial charge in [0.1, 0.15) is 0 Å². The normalized spacial score (nSPS) is 13.7. The fourth-order valence-corrected chi connectivity index (χ4v) is 1.21. The number of hydrogen-bond acceptors (Lipinski definition) is 2. The molecular weight excluding hydrogens is 130 g/mol. The van der Waals surface area contributed by atoms with E-state index < -0.39 is 0 Å². The summed E-state index contributed by atoms with van der Waals surface area (Å²) < 4.78 is 0. The molecular formula is C7H17NS. The average molecular weight is 147 g/mol. The van der Waals surface area contributed by atoms with Gasteiger partial charge in [0, 0.05) is 6.04 Å². The van der Waals surface area contributed by atoms with Gasteiger partial charge in [-0.15, -0.1) is 0 Å². The van der Waals surface area contributed by atoms with Crippen LogP contribution in [-0.4, -0.2) is 18.1 Å². The Kier molecular flexibility index (Phi) is 6.65. The van der Waals surface area contributed by atoms with Gasteiger partial charge in [0.2, 0.25) is 0 Å². The van der Waals surface area contributed by atoms with Crippen molar-refractivity contribution < 1.29 is 0 Å². The zero-order chi connectivity index (χ0) is 7.11. The van der Waals surface area contributed by atoms with Crippen molar-refractivity contribution in [2.45, 2.75) is 32.2 Å². The van der Waals surface area contributed by atoms with E-state index in [0.717, 1.165) is 0 Å². The van der Waals surface area contributed by atoms with Gasteiger partial charge in [-0.05, 0) is 31.8 Å². The van der Waals surface area contributed by atoms with Crippen LogP contribution in [0.5, 0.6) is 0 Å². The Bertz CT molecular complexity index is 54.9. The predicted molar refractivity (Wildman–Crippen MR) is 45.9 cm³/mol. The van der Waals surface area contributed by atoms with E-state index in [0.29, 0.717) is 6.04 Å². The monoisotopic (exact) mass is 147 g/mol. The molecule has 2 N–H and O–H groups in total. The maximum absolute atomic E-state index is 5.57. The second-order valence-electron chi connectivity index (χ2n) is 2.47. The molecule has 56 valence electrons. The summed E-state index contributed by atoms with van der Waals surface area (Å²) in [7, 11) is 0. The van der Waals surface area contributed by atoms with E-state index in [1.54, 1.807) is 0 Å². The first-order valence-corrected chi connectivity index (χ1v) is 4.91. The standard InChI is InChI=1S/C7H17NS/c1-7(8)5-3-4-6-9-2/h7H,3-6,8H2,1-2H3. The van der Waals surface area contributed by atoms with Crippen molar-refractivity contribution in [3.8, 4) is 0 Å². The third kappa shape index (κ3) is 8.31. The predicted octanol–water partition coefficient (Wildman–Crippen LogP) is 1.87. The second-order valence-corrected chi connectivity index (χ2v) is 3.45. The van der Waals surface area contributed by atoms with E-state index in [1.807, 2.05) is 11.8 Å². The lowest BCUT2D eigenvalue weighted by Crippen LogP contribution is -2.13. The Balaban J connectivity index is 2.75. The molecule has 0 aromatic heterocycles. The van der Waals surface area contributed by atoms with Crippen LogP contribution in [0, 0.1) is 0 Å². The number of hydrogen-bond donors (Lipinski definition) is 1. The Morgan fingerprint density at radius 3 is 2.56 bits per heavy atom. The maximum Gasteiger partial charge on any atom is 0.00104 e. The molecule has 0 aliphatic rings. The number of unbranched alkanes of at least 4 members (excludes halogenated alkanes) is 1. The molecule has 1 unspecified atom stereocenters. The van der Waals surface area contributed by atoms with Crippen molar-refractivity contribution >= 4 is 11.8 Å². The van der Waals surface area contributed by atoms with Gasteiger partial charge in [0.15, 0.2) is 0 Å². The van der Waals surface area contributed by atoms with Crippen LogP contribution in [0.1, 0.15) is 26.2 Å². The Labute approximate surface area is 62.4 Å². The van der Waals surface area contributed by atoms with E-state index >= 15 is 0 Å². The van der Waals surface area contributed by atoms with Crippen molar-refractivity contribution in [3.63, 3.8) is 0 Å². The highest BCUT2D eigenvalue weighted by molar-refractivity contribution is 7.98. The summed E-state index contributed by atoms with van der Waals surface area (Å²) in [5.41, 5.74) is 5.57. The molecule has 0 spiro atoms. The van der Waals surface area contributed by atoms with Gasteiger partial charge < -0.3 is 5.73 Å². The molecule has 0 saturated carbocycles. The Morgan fingerprint density at radius 2 is 2.11 bits per heavy atom. The Morgan fingerprint density at radius 1 is 1.44 bits per heavy atom. The zero-order valence-electron chi connectivity index (χ0n) is 6.39. The van der Waals surface area contributed by atoms with Gasteiger partial charge in [0.05, 0.1) is 0 Å². The van der Waals surface area contributed by atoms with Crippen molar-refractivity contribution in [3.05, 3.63) is 0 Å². The molecule has 0 aliphatic carbocycles. The second kappa shape index (κ2) is 6.43. The first-order valence-electron chi connectivity index (χ1n) is 3.52. The van der Waals surface area contributed by atoms with Gasteiger partial charge in [-0.3, -0.25) is 0 Å². The lowest BCUT2D eigenvalue weighted by molar-refractivity contribution is 0.618. The molecule has 9 heavy (non-hydrogen) atoms. The number of rotatable bonds is 5. The van der Waals surface area contributed by atoms with Crippen molar-refractivity contribution in [2.75, 3.05) is 12.0 Å². The van der Waals surface area contributed by atoms with Crippen LogP contribution in [0.4, 0.5) is 0 Å². The van der Waals surface area contributed by atoms with Crippen LogP contribution in [0.2, 0.25) is 0 Å². The van der Waals surface area contributed by atoms with Crippen molar-refractivity contribution in [1.82, 2.24) is 0 Å². The summed E-state index contributed by atoms with van der Waals surface area (Å²) in [4.78, 5) is 0. The van der Waals surface area contributed by atoms with Crippen LogP contribution in [0.25, 0.3) is 0 Å². The topological polar surface area (TPSA) is 26.0 Å². The van der Waals surface area contributed by atoms with E-state index in [2.05, 4.69) is 13.2 Å². The molecule has 0 aromatic rings. The summed E-state index contributed by atoms with van der Waals surface area (Å²) in [6, 6.07) is 0.395. The average Bonchev–Trinajstić information content (AvgIpc) is 1.80. The molecule has 0 aliphatic heterocycles. The molecule has 0 rings (SSSR count). The molecule has 2 heteroatoms. The van der Waals surface area contributed by atoms with Gasteiger partial charge in [-0.1, -0.05) is 6.42 Å². The third-order valence-corrected chi connectivity index (χ3v) is 1.95. The first kappa shape index (κ1) is 9.31. The minimum absolute atomic E-state index is 0.395. The molecule has 0 amide bonds. The summed E-state index contributed by atoms with van der Waals surface area (Å²) >= 11 is 1.91. The zero-order valence-corrected chi connectivity index (χ0v) is 7.21. The molecule has 0 saturated heterocycles. The highest BCUT2D eigenvalue weighted by atomic mass is 32.2. The summed E-state index contributed by atoms with van der Waals surface area (Å²) in [6.45, 7) is 2.07. The van der Waals surface area contributed by atoms with Crippen LogP contribution in [0.3, 0.4) is 0 Å². The molecule has 0 radical (unpaired) electrons. The smallest absolute Gasteiger partial charge is 0.00104 e. The van der Waals surface area contributed by atoms with E-state index in [1.165, 1.54) is 25.0 Å². The largest absolute Gasteiger partial charge is 0.328 e. The van der Waals surface area contributed by atoms with Crippen LogP contribution < -0.4 is 5.73 Å². The molecule has 0 bridgehead atoms. The highest BCUT2D eigenvalue weighted by Gasteiger charge is 1.92. The quantitative estimate of drug-likeness (QED) is 0.601. The SMILES string of the molecule is CSCCCCC(C)N. The third-order valence-electron chi connectivity index (χ3n) is 1.26. The number of nitrogens with two attached hydrogens (primary N) is 1. The molecule has 1 nitrogen and oxygen atoms in total. The minimum Gasteiger partial charge on any atom is -0.328 e. The first-order chi connectivity index (χ1) is 4.27. The van der Waals surface area contributed by atoms with Crippen molar-refractivity contribution in [1.29, 1.82) is 0 Å². The van der Waals surface area contributed by atoms with Crippen LogP contribution in [0.15, 0.2) is 0 Å². The summed E-state index contributed by atoms with van der Waals surface area (Å²) in [5, 5.41) is 0. The molecule has 1 atom stereocenters.